The van der Waals surface area contributed by atoms with Crippen LogP contribution in [0.2, 0.25) is 0 Å². The van der Waals surface area contributed by atoms with Gasteiger partial charge >= 0.3 is 5.97 Å². The van der Waals surface area contributed by atoms with Gasteiger partial charge in [0, 0.05) is 6.20 Å². The summed E-state index contributed by atoms with van der Waals surface area (Å²) < 4.78 is 29.2. The Kier molecular flexibility index (Phi) is 3.54. The standard InChI is InChI=1S/C9H9F2NO3/c1-2-15-9(14)5-3-6(7(10)11)8(13)12-4-5/h3-4,7H,2H2,1H3,(H,12,13). The van der Waals surface area contributed by atoms with Crippen molar-refractivity contribution < 1.29 is 18.3 Å². The van der Waals surface area contributed by atoms with E-state index in [2.05, 4.69) is 9.72 Å². The highest BCUT2D eigenvalue weighted by Crippen LogP contribution is 2.15. The van der Waals surface area contributed by atoms with Crippen LogP contribution in [0.5, 0.6) is 0 Å². The van der Waals surface area contributed by atoms with Crippen molar-refractivity contribution in [1.82, 2.24) is 4.98 Å². The number of nitrogens with one attached hydrogen (secondary N) is 1. The lowest BCUT2D eigenvalue weighted by atomic mass is 10.2. The van der Waals surface area contributed by atoms with Gasteiger partial charge in [0.25, 0.3) is 12.0 Å². The van der Waals surface area contributed by atoms with Crippen molar-refractivity contribution in [3.05, 3.63) is 33.7 Å². The van der Waals surface area contributed by atoms with Crippen LogP contribution < -0.4 is 5.56 Å². The van der Waals surface area contributed by atoms with Gasteiger partial charge in [0.1, 0.15) is 0 Å². The number of aromatic amines is 1. The zero-order chi connectivity index (χ0) is 11.4. The van der Waals surface area contributed by atoms with Crippen molar-refractivity contribution in [1.29, 1.82) is 0 Å². The third kappa shape index (κ3) is 2.61. The topological polar surface area (TPSA) is 59.2 Å². The fourth-order valence-electron chi connectivity index (χ4n) is 0.996. The minimum absolute atomic E-state index is 0.0910. The SMILES string of the molecule is CCOC(=O)c1c[nH]c(=O)c(C(F)F)c1. The molecule has 0 fully saturated rings. The molecule has 82 valence electrons. The summed E-state index contributed by atoms with van der Waals surface area (Å²) in [5, 5.41) is 0. The quantitative estimate of drug-likeness (QED) is 0.780. The van der Waals surface area contributed by atoms with Gasteiger partial charge in [-0.2, -0.15) is 0 Å². The molecule has 0 spiro atoms. The molecule has 0 aliphatic carbocycles. The number of ether oxygens (including phenoxy) is 1. The number of hydrogen-bond donors (Lipinski definition) is 1. The van der Waals surface area contributed by atoms with Crippen LogP contribution in [0.3, 0.4) is 0 Å². The normalized spacial score (nSPS) is 10.4. The Labute approximate surface area is 83.9 Å². The maximum atomic E-state index is 12.3. The average molecular weight is 217 g/mol. The van der Waals surface area contributed by atoms with Gasteiger partial charge in [0.15, 0.2) is 0 Å². The predicted molar refractivity (Wildman–Crippen MR) is 48.0 cm³/mol. The first kappa shape index (κ1) is 11.4. The van der Waals surface area contributed by atoms with Crippen LogP contribution in [0.15, 0.2) is 17.1 Å². The van der Waals surface area contributed by atoms with Crippen LogP contribution in [0.1, 0.15) is 29.3 Å². The van der Waals surface area contributed by atoms with E-state index in [0.29, 0.717) is 0 Å². The number of carbonyl (C=O) groups is 1. The molecule has 6 heteroatoms. The fraction of sp³-hybridized carbons (Fsp3) is 0.333. The predicted octanol–water partition coefficient (Wildman–Crippen LogP) is 1.49. The Hall–Kier alpha value is -1.72. The summed E-state index contributed by atoms with van der Waals surface area (Å²) in [5.74, 6) is -0.740. The van der Waals surface area contributed by atoms with Gasteiger partial charge in [0.05, 0.1) is 17.7 Å². The monoisotopic (exact) mass is 217 g/mol. The zero-order valence-corrected chi connectivity index (χ0v) is 7.92. The molecular formula is C9H9F2NO3. The number of halogens is 2. The van der Waals surface area contributed by atoms with Gasteiger partial charge in [-0.1, -0.05) is 0 Å². The number of alkyl halides is 2. The summed E-state index contributed by atoms with van der Waals surface area (Å²) in [5.41, 5.74) is -1.73. The lowest BCUT2D eigenvalue weighted by molar-refractivity contribution is 0.0525. The third-order valence-corrected chi connectivity index (χ3v) is 1.68. The molecule has 0 radical (unpaired) electrons. The molecule has 15 heavy (non-hydrogen) atoms. The van der Waals surface area contributed by atoms with Crippen molar-refractivity contribution in [2.24, 2.45) is 0 Å². The molecule has 0 amide bonds. The minimum atomic E-state index is -2.91. The Morgan fingerprint density at radius 1 is 1.60 bits per heavy atom. The summed E-state index contributed by atoms with van der Waals surface area (Å²) in [6, 6.07) is 0.835. The zero-order valence-electron chi connectivity index (χ0n) is 7.92. The molecule has 0 aliphatic rings. The Balaban J connectivity index is 3.07. The summed E-state index contributed by atoms with van der Waals surface area (Å²) in [4.78, 5) is 24.1. The van der Waals surface area contributed by atoms with Crippen molar-refractivity contribution in [3.8, 4) is 0 Å². The molecule has 0 unspecified atom stereocenters. The summed E-state index contributed by atoms with van der Waals surface area (Å²) in [6.45, 7) is 1.74. The smallest absolute Gasteiger partial charge is 0.339 e. The molecule has 1 N–H and O–H groups in total. The highest BCUT2D eigenvalue weighted by molar-refractivity contribution is 5.89. The number of aromatic nitrogens is 1. The van der Waals surface area contributed by atoms with E-state index in [1.807, 2.05) is 0 Å². The van der Waals surface area contributed by atoms with Crippen LogP contribution >= 0.6 is 0 Å². The molecule has 1 rings (SSSR count). The molecule has 0 aromatic carbocycles. The fourth-order valence-corrected chi connectivity index (χ4v) is 0.996. The number of carbonyl (C=O) groups excluding carboxylic acids is 1. The highest BCUT2D eigenvalue weighted by atomic mass is 19.3. The molecule has 0 bridgehead atoms. The molecule has 0 atom stereocenters. The van der Waals surface area contributed by atoms with Crippen LogP contribution in [0.4, 0.5) is 8.78 Å². The molecule has 0 saturated carbocycles. The average Bonchev–Trinajstić information content (AvgIpc) is 2.18. The van der Waals surface area contributed by atoms with E-state index in [9.17, 15) is 18.4 Å². The van der Waals surface area contributed by atoms with Gasteiger partial charge in [-0.05, 0) is 13.0 Å². The van der Waals surface area contributed by atoms with E-state index in [0.717, 1.165) is 12.3 Å². The maximum Gasteiger partial charge on any atom is 0.339 e. The van der Waals surface area contributed by atoms with Gasteiger partial charge in [-0.15, -0.1) is 0 Å². The second-order valence-electron chi connectivity index (χ2n) is 2.69. The first-order valence-corrected chi connectivity index (χ1v) is 4.24. The van der Waals surface area contributed by atoms with Crippen LogP contribution in [0.25, 0.3) is 0 Å². The number of esters is 1. The maximum absolute atomic E-state index is 12.3. The first-order valence-electron chi connectivity index (χ1n) is 4.24. The molecule has 1 aromatic heterocycles. The van der Waals surface area contributed by atoms with E-state index in [-0.39, 0.29) is 12.2 Å². The first-order chi connectivity index (χ1) is 7.06. The van der Waals surface area contributed by atoms with E-state index in [4.69, 9.17) is 0 Å². The van der Waals surface area contributed by atoms with E-state index in [1.165, 1.54) is 0 Å². The van der Waals surface area contributed by atoms with Crippen molar-refractivity contribution in [2.45, 2.75) is 13.3 Å². The number of rotatable bonds is 3. The summed E-state index contributed by atoms with van der Waals surface area (Å²) in [7, 11) is 0. The van der Waals surface area contributed by atoms with Gasteiger partial charge in [-0.3, -0.25) is 4.79 Å². The van der Waals surface area contributed by atoms with E-state index in [1.54, 1.807) is 6.92 Å². The number of H-pyrrole nitrogens is 1. The summed E-state index contributed by atoms with van der Waals surface area (Å²) in [6.07, 6.45) is -1.87. The highest BCUT2D eigenvalue weighted by Gasteiger charge is 2.15. The molecule has 1 aromatic rings. The third-order valence-electron chi connectivity index (χ3n) is 1.68. The molecule has 0 aliphatic heterocycles. The van der Waals surface area contributed by atoms with Crippen LogP contribution in [0, 0.1) is 0 Å². The summed E-state index contributed by atoms with van der Waals surface area (Å²) >= 11 is 0. The van der Waals surface area contributed by atoms with Gasteiger partial charge < -0.3 is 9.72 Å². The largest absolute Gasteiger partial charge is 0.462 e. The van der Waals surface area contributed by atoms with Crippen molar-refractivity contribution >= 4 is 5.97 Å². The molecule has 1 heterocycles. The molecular weight excluding hydrogens is 208 g/mol. The van der Waals surface area contributed by atoms with Crippen molar-refractivity contribution in [3.63, 3.8) is 0 Å². The Morgan fingerprint density at radius 2 is 2.27 bits per heavy atom. The Morgan fingerprint density at radius 3 is 2.80 bits per heavy atom. The number of pyridine rings is 1. The lowest BCUT2D eigenvalue weighted by Gasteiger charge is -2.03. The van der Waals surface area contributed by atoms with Crippen LogP contribution in [-0.2, 0) is 4.74 Å². The van der Waals surface area contributed by atoms with E-state index >= 15 is 0 Å². The number of hydrogen-bond acceptors (Lipinski definition) is 3. The van der Waals surface area contributed by atoms with Crippen LogP contribution in [-0.4, -0.2) is 17.6 Å². The van der Waals surface area contributed by atoms with Crippen molar-refractivity contribution in [2.75, 3.05) is 6.61 Å². The van der Waals surface area contributed by atoms with Gasteiger partial charge in [-0.25, -0.2) is 13.6 Å². The Bertz CT molecular complexity index is 414. The minimum Gasteiger partial charge on any atom is -0.462 e. The van der Waals surface area contributed by atoms with Gasteiger partial charge in [0.2, 0.25) is 0 Å². The second kappa shape index (κ2) is 4.68. The molecule has 4 nitrogen and oxygen atoms in total. The molecule has 0 saturated heterocycles. The van der Waals surface area contributed by atoms with E-state index < -0.39 is 23.5 Å². The second-order valence-corrected chi connectivity index (χ2v) is 2.69. The lowest BCUT2D eigenvalue weighted by Crippen LogP contribution is -2.16.